The minimum absolute atomic E-state index is 0.00169. The van der Waals surface area contributed by atoms with Gasteiger partial charge in [0.1, 0.15) is 17.5 Å². The molecular weight excluding hydrogens is 336 g/mol. The van der Waals surface area contributed by atoms with Crippen LogP contribution in [0.5, 0.6) is 0 Å². The van der Waals surface area contributed by atoms with Gasteiger partial charge in [0.25, 0.3) is 0 Å². The number of hydrogen-bond acceptors (Lipinski definition) is 1. The first kappa shape index (κ1) is 14.9. The number of imidazole rings is 1. The molecule has 0 radical (unpaired) electrons. The second kappa shape index (κ2) is 5.66. The molecule has 0 fully saturated rings. The molecule has 1 aromatic heterocycles. The van der Waals surface area contributed by atoms with E-state index in [0.717, 1.165) is 22.8 Å². The van der Waals surface area contributed by atoms with E-state index in [9.17, 15) is 13.2 Å². The third kappa shape index (κ3) is 2.46. The van der Waals surface area contributed by atoms with Gasteiger partial charge in [0.15, 0.2) is 0 Å². The molecule has 0 unspecified atom stereocenters. The second-order valence-electron chi connectivity index (χ2n) is 4.44. The van der Waals surface area contributed by atoms with Crippen molar-refractivity contribution in [3.8, 4) is 16.9 Å². The lowest BCUT2D eigenvalue weighted by molar-refractivity contribution is 0.586. The first-order valence-electron chi connectivity index (χ1n) is 6.12. The zero-order chi connectivity index (χ0) is 15.9. The Labute approximate surface area is 133 Å². The first-order valence-corrected chi connectivity index (χ1v) is 6.87. The van der Waals surface area contributed by atoms with E-state index >= 15 is 0 Å². The molecule has 7 heteroatoms. The predicted octanol–water partition coefficient (Wildman–Crippen LogP) is 5.26. The predicted molar refractivity (Wildman–Crippen MR) is 78.9 cm³/mol. The van der Waals surface area contributed by atoms with Crippen LogP contribution in [0.3, 0.4) is 0 Å². The maximum Gasteiger partial charge on any atom is 0.207 e. The Bertz CT molecular complexity index is 842. The topological polar surface area (TPSA) is 17.8 Å². The van der Waals surface area contributed by atoms with Crippen molar-refractivity contribution in [2.45, 2.75) is 0 Å². The van der Waals surface area contributed by atoms with Crippen LogP contribution in [0.15, 0.2) is 42.6 Å². The highest BCUT2D eigenvalue weighted by atomic mass is 35.5. The van der Waals surface area contributed by atoms with Gasteiger partial charge < -0.3 is 0 Å². The van der Waals surface area contributed by atoms with Crippen molar-refractivity contribution in [2.75, 3.05) is 0 Å². The van der Waals surface area contributed by atoms with E-state index in [1.54, 1.807) is 0 Å². The molecule has 112 valence electrons. The standard InChI is InChI=1S/C15H7Cl2F3N2/c16-8-4-5-12(11(20)6-8)22-13(7-21-15(22)17)14-9(18)2-1-3-10(14)19/h1-7H. The van der Waals surface area contributed by atoms with Crippen molar-refractivity contribution in [1.29, 1.82) is 0 Å². The summed E-state index contributed by atoms with van der Waals surface area (Å²) in [6.07, 6.45) is 1.18. The Balaban J connectivity index is 2.29. The fourth-order valence-electron chi connectivity index (χ4n) is 2.14. The Hall–Kier alpha value is -1.98. The fraction of sp³-hybridized carbons (Fsp3) is 0. The molecule has 0 N–H and O–H groups in total. The van der Waals surface area contributed by atoms with Gasteiger partial charge in [-0.25, -0.2) is 18.2 Å². The number of halogens is 5. The summed E-state index contributed by atoms with van der Waals surface area (Å²) in [4.78, 5) is 3.81. The quantitative estimate of drug-likeness (QED) is 0.620. The van der Waals surface area contributed by atoms with E-state index < -0.39 is 17.5 Å². The van der Waals surface area contributed by atoms with Gasteiger partial charge >= 0.3 is 0 Å². The largest absolute Gasteiger partial charge is 0.280 e. The highest BCUT2D eigenvalue weighted by molar-refractivity contribution is 6.30. The third-order valence-electron chi connectivity index (χ3n) is 3.09. The zero-order valence-corrected chi connectivity index (χ0v) is 12.3. The molecule has 2 aromatic carbocycles. The van der Waals surface area contributed by atoms with Gasteiger partial charge in [0, 0.05) is 5.02 Å². The van der Waals surface area contributed by atoms with Crippen molar-refractivity contribution < 1.29 is 13.2 Å². The lowest BCUT2D eigenvalue weighted by Crippen LogP contribution is -2.02. The van der Waals surface area contributed by atoms with E-state index in [1.807, 2.05) is 0 Å². The molecular formula is C15H7Cl2F3N2. The fourth-order valence-corrected chi connectivity index (χ4v) is 2.53. The van der Waals surface area contributed by atoms with E-state index in [0.29, 0.717) is 0 Å². The highest BCUT2D eigenvalue weighted by Gasteiger charge is 2.20. The summed E-state index contributed by atoms with van der Waals surface area (Å²) >= 11 is 11.7. The van der Waals surface area contributed by atoms with Gasteiger partial charge in [-0.3, -0.25) is 4.57 Å². The summed E-state index contributed by atoms with van der Waals surface area (Å²) in [6.45, 7) is 0. The number of aromatic nitrogens is 2. The average Bonchev–Trinajstić information content (AvgIpc) is 2.81. The van der Waals surface area contributed by atoms with Crippen molar-refractivity contribution in [3.63, 3.8) is 0 Å². The smallest absolute Gasteiger partial charge is 0.207 e. The number of nitrogens with zero attached hydrogens (tertiary/aromatic N) is 2. The Morgan fingerprint density at radius 2 is 1.59 bits per heavy atom. The number of rotatable bonds is 2. The summed E-state index contributed by atoms with van der Waals surface area (Å²) in [5.41, 5.74) is -0.345. The number of benzene rings is 2. The second-order valence-corrected chi connectivity index (χ2v) is 5.21. The van der Waals surface area contributed by atoms with E-state index in [4.69, 9.17) is 23.2 Å². The van der Waals surface area contributed by atoms with Gasteiger partial charge in [-0.2, -0.15) is 0 Å². The molecule has 0 aliphatic rings. The molecule has 3 rings (SSSR count). The van der Waals surface area contributed by atoms with Crippen LogP contribution in [0.2, 0.25) is 10.3 Å². The zero-order valence-electron chi connectivity index (χ0n) is 10.8. The lowest BCUT2D eigenvalue weighted by Gasteiger charge is -2.12. The van der Waals surface area contributed by atoms with Crippen LogP contribution >= 0.6 is 23.2 Å². The van der Waals surface area contributed by atoms with Crippen LogP contribution in [0, 0.1) is 17.5 Å². The summed E-state index contributed by atoms with van der Waals surface area (Å²) < 4.78 is 43.2. The van der Waals surface area contributed by atoms with Crippen LogP contribution in [-0.2, 0) is 0 Å². The summed E-state index contributed by atoms with van der Waals surface area (Å²) in [7, 11) is 0. The van der Waals surface area contributed by atoms with E-state index in [2.05, 4.69) is 4.98 Å². The van der Waals surface area contributed by atoms with Gasteiger partial charge in [-0.15, -0.1) is 0 Å². The van der Waals surface area contributed by atoms with Crippen LogP contribution in [0.25, 0.3) is 16.9 Å². The molecule has 0 amide bonds. The Morgan fingerprint density at radius 1 is 0.909 bits per heavy atom. The molecule has 0 saturated carbocycles. The first-order chi connectivity index (χ1) is 10.5. The third-order valence-corrected chi connectivity index (χ3v) is 3.59. The van der Waals surface area contributed by atoms with E-state index in [-0.39, 0.29) is 27.3 Å². The molecule has 1 heterocycles. The summed E-state index contributed by atoms with van der Waals surface area (Å²) in [5, 5.41) is 0.0648. The number of hydrogen-bond donors (Lipinski definition) is 0. The van der Waals surface area contributed by atoms with Crippen LogP contribution < -0.4 is 0 Å². The van der Waals surface area contributed by atoms with Crippen LogP contribution in [0.4, 0.5) is 13.2 Å². The van der Waals surface area contributed by atoms with Gasteiger partial charge in [-0.1, -0.05) is 17.7 Å². The molecule has 0 saturated heterocycles. The summed E-state index contributed by atoms with van der Waals surface area (Å²) in [5.74, 6) is -2.29. The van der Waals surface area contributed by atoms with Gasteiger partial charge in [0.05, 0.1) is 23.1 Å². The summed E-state index contributed by atoms with van der Waals surface area (Å²) in [6, 6.07) is 7.31. The molecule has 0 bridgehead atoms. The molecule has 0 atom stereocenters. The molecule has 0 spiro atoms. The van der Waals surface area contributed by atoms with Crippen molar-refractivity contribution in [3.05, 3.63) is 70.4 Å². The molecule has 3 aromatic rings. The van der Waals surface area contributed by atoms with Crippen molar-refractivity contribution in [1.82, 2.24) is 9.55 Å². The lowest BCUT2D eigenvalue weighted by atomic mass is 10.1. The van der Waals surface area contributed by atoms with Crippen LogP contribution in [0.1, 0.15) is 0 Å². The normalized spacial score (nSPS) is 11.0. The minimum atomic E-state index is -0.799. The van der Waals surface area contributed by atoms with Gasteiger partial charge in [0.2, 0.25) is 5.28 Å². The highest BCUT2D eigenvalue weighted by Crippen LogP contribution is 2.32. The minimum Gasteiger partial charge on any atom is -0.280 e. The van der Waals surface area contributed by atoms with Crippen molar-refractivity contribution >= 4 is 23.2 Å². The maximum atomic E-state index is 14.1. The van der Waals surface area contributed by atoms with Crippen molar-refractivity contribution in [2.24, 2.45) is 0 Å². The molecule has 22 heavy (non-hydrogen) atoms. The molecule has 2 nitrogen and oxygen atoms in total. The SMILES string of the molecule is Fc1cc(Cl)ccc1-n1c(-c2c(F)cccc2F)cnc1Cl. The van der Waals surface area contributed by atoms with E-state index in [1.165, 1.54) is 24.4 Å². The van der Waals surface area contributed by atoms with Crippen LogP contribution in [-0.4, -0.2) is 9.55 Å². The average molecular weight is 343 g/mol. The monoisotopic (exact) mass is 342 g/mol. The van der Waals surface area contributed by atoms with Gasteiger partial charge in [-0.05, 0) is 41.9 Å². The molecule has 0 aliphatic heterocycles. The Morgan fingerprint density at radius 3 is 2.23 bits per heavy atom. The Kier molecular flexibility index (Phi) is 3.85. The maximum absolute atomic E-state index is 14.1. The molecule has 0 aliphatic carbocycles.